The lowest BCUT2D eigenvalue weighted by Crippen LogP contribution is -2.45. The molecule has 6 aliphatic rings. The summed E-state index contributed by atoms with van der Waals surface area (Å²) in [7, 11) is 1.31. The molecule has 3 aromatic rings. The third-order valence-electron chi connectivity index (χ3n) is 16.8. The number of hydrogen-bond acceptors (Lipinski definition) is 15. The van der Waals surface area contributed by atoms with E-state index in [9.17, 15) is 52.8 Å². The summed E-state index contributed by atoms with van der Waals surface area (Å²) in [6.45, 7) is 18.5. The number of aliphatic hydroxyl groups excluding tert-OH is 2. The molecule has 4 unspecified atom stereocenters. The number of likely N-dealkylation sites (tertiary alicyclic amines) is 2. The van der Waals surface area contributed by atoms with Crippen LogP contribution in [0.25, 0.3) is 10.8 Å². The number of hydrogen-bond donors (Lipinski definition) is 5. The molecule has 0 saturated carbocycles. The smallest absolute Gasteiger partial charge is 0.416 e. The summed E-state index contributed by atoms with van der Waals surface area (Å²) in [5.41, 5.74) is -1.09. The molecule has 17 nitrogen and oxygen atoms in total. The van der Waals surface area contributed by atoms with E-state index in [-0.39, 0.29) is 80.8 Å². The van der Waals surface area contributed by atoms with Gasteiger partial charge < -0.3 is 54.5 Å². The molecule has 80 heavy (non-hydrogen) atoms. The minimum atomic E-state index is -4.55. The molecule has 0 aliphatic carbocycles. The Labute approximate surface area is 464 Å². The van der Waals surface area contributed by atoms with E-state index in [1.165, 1.54) is 38.2 Å². The van der Waals surface area contributed by atoms with Gasteiger partial charge in [0.05, 0.1) is 47.5 Å². The highest BCUT2D eigenvalue weighted by atomic mass is 19.4. The molecule has 0 radical (unpaired) electrons. The Morgan fingerprint density at radius 2 is 1.60 bits per heavy atom. The van der Waals surface area contributed by atoms with Gasteiger partial charge >= 0.3 is 17.9 Å². The molecule has 2 amide bonds. The van der Waals surface area contributed by atoms with E-state index >= 15 is 0 Å². The molecule has 6 heterocycles. The molecular formula is C60H76F3N5O12. The first-order valence-electron chi connectivity index (χ1n) is 27.7. The maximum absolute atomic E-state index is 14.9. The number of benzene rings is 3. The zero-order valence-electron chi connectivity index (χ0n) is 47.3. The molecule has 2 fully saturated rings. The fourth-order valence-electron chi connectivity index (χ4n) is 11.9. The third-order valence-corrected chi connectivity index (χ3v) is 16.8. The fourth-order valence-corrected chi connectivity index (χ4v) is 11.9. The topological polar surface area (TPSA) is 229 Å². The molecule has 9 rings (SSSR count). The Hall–Kier alpha value is -6.51. The number of carbonyl (C=O) groups is 4. The van der Waals surface area contributed by atoms with Crippen LogP contribution in [0, 0.1) is 42.4 Å². The van der Waals surface area contributed by atoms with Crippen molar-refractivity contribution in [2.45, 2.75) is 143 Å². The Balaban J connectivity index is 1.07. The van der Waals surface area contributed by atoms with Crippen LogP contribution in [-0.2, 0) is 36.5 Å². The van der Waals surface area contributed by atoms with Gasteiger partial charge in [-0.05, 0) is 87.1 Å². The molecule has 2 saturated heterocycles. The van der Waals surface area contributed by atoms with Gasteiger partial charge in [-0.2, -0.15) is 13.2 Å². The van der Waals surface area contributed by atoms with E-state index in [0.29, 0.717) is 56.7 Å². The number of allylic oxidation sites excluding steroid dienone is 3. The van der Waals surface area contributed by atoms with Crippen LogP contribution >= 0.6 is 0 Å². The van der Waals surface area contributed by atoms with E-state index in [1.807, 2.05) is 0 Å². The largest absolute Gasteiger partial charge is 0.507 e. The van der Waals surface area contributed by atoms with Crippen molar-refractivity contribution in [3.05, 3.63) is 87.3 Å². The van der Waals surface area contributed by atoms with Crippen molar-refractivity contribution >= 4 is 40.0 Å². The number of aliphatic hydroxyl groups is 2. The number of piperidine rings is 2. The van der Waals surface area contributed by atoms with Crippen molar-refractivity contribution < 1.29 is 71.7 Å². The average Bonchev–Trinajstić information content (AvgIpc) is 4.14. The minimum absolute atomic E-state index is 0.00299. The number of fused-ring (bicyclic) bond motifs is 13. The number of nitrogens with zero attached hydrogens (tertiary/aromatic N) is 4. The number of ether oxygens (including phenoxy) is 4. The first-order valence-corrected chi connectivity index (χ1v) is 27.7. The van der Waals surface area contributed by atoms with Gasteiger partial charge in [-0.25, -0.2) is 0 Å². The highest BCUT2D eigenvalue weighted by molar-refractivity contribution is 6.19. The number of phenols is 2. The molecule has 5 N–H and O–H groups in total. The summed E-state index contributed by atoms with van der Waals surface area (Å²) in [6, 6.07) is 3.64. The Morgan fingerprint density at radius 1 is 0.925 bits per heavy atom. The van der Waals surface area contributed by atoms with Crippen LogP contribution in [-0.4, -0.2) is 123 Å². The second-order valence-corrected chi connectivity index (χ2v) is 23.3. The second kappa shape index (κ2) is 23.5. The molecule has 6 aliphatic heterocycles. The summed E-state index contributed by atoms with van der Waals surface area (Å²) in [5.74, 6) is -7.72. The summed E-state index contributed by atoms with van der Waals surface area (Å²) >= 11 is 0. The summed E-state index contributed by atoms with van der Waals surface area (Å²) in [6.07, 6.45) is 1.63. The standard InChI is InChI=1S/C60H76F3N5O12/c1-31(2)30-67-22-18-59(19-23-67)65-47-44-45-52(73)37(8)55-46(44)56(75)58(9,80-55)78-24-12-15-33(4)54(36(7)51(72)35(6)50(71)32(3)13-11-14-34(5)57(76)64-49(53(45)74)48(47)66-59)79-43(70)29-42(69)68-20-16-38(17-21-68)25-39-26-40(60(61,62)63)28-41(27-39)77-10/h11-14,24,26-28,31-33,35-36,38,50-51,54,71-74H,15-23,25,29-30H2,1-10H3,(H,64,76)/b13-11+,24-12+,34-14-/t32?,33-,35-,36-,50+,51?,54?,58?/m1/s1. The number of alkyl halides is 3. The molecular weight excluding hydrogens is 1040 g/mol. The van der Waals surface area contributed by atoms with E-state index in [2.05, 4.69) is 24.1 Å². The lowest BCUT2D eigenvalue weighted by atomic mass is 9.79. The van der Waals surface area contributed by atoms with Crippen molar-refractivity contribution in [2.24, 2.45) is 45.5 Å². The molecule has 1 spiro atoms. The van der Waals surface area contributed by atoms with Crippen LogP contribution in [0.5, 0.6) is 23.0 Å². The van der Waals surface area contributed by atoms with Crippen molar-refractivity contribution in [1.29, 1.82) is 0 Å². The van der Waals surface area contributed by atoms with Gasteiger partial charge in [0.25, 0.3) is 11.7 Å². The third kappa shape index (κ3) is 12.2. The molecule has 434 valence electrons. The number of phenolic OH excluding ortho intramolecular Hbond substituents is 2. The number of Topliss-reactive ketones (excluding diaryl/α,β-unsaturated/α-hetero) is 1. The molecule has 0 aromatic heterocycles. The van der Waals surface area contributed by atoms with Crippen LogP contribution < -0.4 is 25.5 Å². The number of rotatable bonds is 8. The zero-order valence-corrected chi connectivity index (χ0v) is 47.3. The first-order chi connectivity index (χ1) is 37.6. The van der Waals surface area contributed by atoms with Gasteiger partial charge in [-0.15, -0.1) is 0 Å². The summed E-state index contributed by atoms with van der Waals surface area (Å²) in [5, 5.41) is 50.8. The van der Waals surface area contributed by atoms with Crippen LogP contribution in [0.15, 0.2) is 64.3 Å². The summed E-state index contributed by atoms with van der Waals surface area (Å²) in [4.78, 5) is 70.6. The number of methoxy groups -OCH3 is 1. The van der Waals surface area contributed by atoms with E-state index in [1.54, 1.807) is 58.9 Å². The molecule has 3 aromatic carbocycles. The van der Waals surface area contributed by atoms with Crippen molar-refractivity contribution in [3.8, 4) is 23.0 Å². The van der Waals surface area contributed by atoms with Gasteiger partial charge in [-0.1, -0.05) is 59.8 Å². The van der Waals surface area contributed by atoms with Crippen LogP contribution in [0.4, 0.5) is 18.9 Å². The van der Waals surface area contributed by atoms with Gasteiger partial charge in [0.2, 0.25) is 5.91 Å². The lowest BCUT2D eigenvalue weighted by molar-refractivity contribution is -0.162. The first kappa shape index (κ1) is 59.6. The van der Waals surface area contributed by atoms with Gasteiger partial charge in [-0.3, -0.25) is 29.2 Å². The average molecular weight is 1120 g/mol. The van der Waals surface area contributed by atoms with Crippen LogP contribution in [0.1, 0.15) is 121 Å². The Morgan fingerprint density at radius 3 is 2.25 bits per heavy atom. The molecule has 8 atom stereocenters. The SMILES string of the molecule is COc1cc(CC2CCN(C(=O)CC(=O)OC3[C@H](C)C(O)[C@H](C)[C@@H](O)C(C)/C=C/C=C(/C)C(=O)Nc4c(O)c5c(O)c(C)c6c(c5c5c4=NC4(CCN(CC(C)C)CC4)N=5)C(=O)C(C)(O/C=C/C[C@H]3C)O6)CC2)cc(C(F)(F)F)c1. The predicted molar refractivity (Wildman–Crippen MR) is 291 cm³/mol. The number of ketones is 1. The number of nitrogens with one attached hydrogen (secondary N) is 1. The van der Waals surface area contributed by atoms with Crippen molar-refractivity contribution in [3.63, 3.8) is 0 Å². The van der Waals surface area contributed by atoms with Crippen LogP contribution in [0.2, 0.25) is 0 Å². The number of aromatic hydroxyl groups is 2. The van der Waals surface area contributed by atoms with E-state index in [4.69, 9.17) is 28.9 Å². The maximum Gasteiger partial charge on any atom is 0.416 e. The number of anilines is 1. The molecule has 5 bridgehead atoms. The Kier molecular flexibility index (Phi) is 17.5. The number of carbonyl (C=O) groups excluding carboxylic acids is 4. The lowest BCUT2D eigenvalue weighted by Gasteiger charge is -2.37. The highest BCUT2D eigenvalue weighted by Crippen LogP contribution is 2.50. The molecule has 20 heteroatoms. The van der Waals surface area contributed by atoms with Crippen molar-refractivity contribution in [1.82, 2.24) is 9.80 Å². The van der Waals surface area contributed by atoms with Gasteiger partial charge in [0.1, 0.15) is 40.8 Å². The van der Waals surface area contributed by atoms with Crippen molar-refractivity contribution in [2.75, 3.05) is 45.2 Å². The van der Waals surface area contributed by atoms with Gasteiger partial charge in [0.15, 0.2) is 11.4 Å². The highest BCUT2D eigenvalue weighted by Gasteiger charge is 2.50. The van der Waals surface area contributed by atoms with Gasteiger partial charge in [0, 0.05) is 86.8 Å². The Bertz CT molecular complexity index is 3120. The second-order valence-electron chi connectivity index (χ2n) is 23.3. The number of halogens is 3. The minimum Gasteiger partial charge on any atom is -0.507 e. The van der Waals surface area contributed by atoms with E-state index < -0.39 is 107 Å². The fraction of sp³-hybridized carbons (Fsp3) is 0.567. The van der Waals surface area contributed by atoms with Crippen LogP contribution in [0.3, 0.4) is 0 Å². The number of amides is 2. The quantitative estimate of drug-likeness (QED) is 0.0819. The normalized spacial score (nSPS) is 28.3. The monoisotopic (exact) mass is 1120 g/mol. The maximum atomic E-state index is 14.9. The number of esters is 1. The summed E-state index contributed by atoms with van der Waals surface area (Å²) < 4.78 is 64.5. The predicted octanol–water partition coefficient (Wildman–Crippen LogP) is 8.00. The zero-order chi connectivity index (χ0) is 58.3. The van der Waals surface area contributed by atoms with E-state index in [0.717, 1.165) is 18.7 Å².